The highest BCUT2D eigenvalue weighted by molar-refractivity contribution is 5.89. The number of hydrogen-bond acceptors (Lipinski definition) is 6. The van der Waals surface area contributed by atoms with Crippen LogP contribution < -0.4 is 0 Å². The number of hydrogen-bond donors (Lipinski definition) is 2. The van der Waals surface area contributed by atoms with Crippen LogP contribution in [0.25, 0.3) is 0 Å². The summed E-state index contributed by atoms with van der Waals surface area (Å²) >= 11 is 0. The molecule has 2 aromatic carbocycles. The first kappa shape index (κ1) is 21.6. The number of carbonyl (C=O) groups is 2. The number of rotatable bonds is 10. The molecule has 6 nitrogen and oxygen atoms in total. The molecule has 0 aliphatic heterocycles. The molecule has 2 N–H and O–H groups in total. The van der Waals surface area contributed by atoms with Gasteiger partial charge in [0, 0.05) is 0 Å². The molecule has 0 aromatic heterocycles. The molecule has 150 valence electrons. The van der Waals surface area contributed by atoms with E-state index in [0.717, 1.165) is 11.1 Å². The molecular weight excluding hydrogens is 360 g/mol. The van der Waals surface area contributed by atoms with E-state index in [1.807, 2.05) is 36.4 Å². The van der Waals surface area contributed by atoms with E-state index in [0.29, 0.717) is 18.6 Å². The van der Waals surface area contributed by atoms with Gasteiger partial charge in [0.05, 0.1) is 24.9 Å². The molecule has 2 aromatic rings. The highest BCUT2D eigenvalue weighted by Crippen LogP contribution is 2.16. The minimum absolute atomic E-state index is 0.0878. The molecule has 6 heteroatoms. The van der Waals surface area contributed by atoms with Crippen molar-refractivity contribution in [2.45, 2.75) is 32.5 Å². The smallest absolute Gasteiger partial charge is 0.338 e. The zero-order valence-corrected chi connectivity index (χ0v) is 15.9. The molecule has 0 unspecified atom stereocenters. The summed E-state index contributed by atoms with van der Waals surface area (Å²) in [5.41, 5.74) is 2.10. The van der Waals surface area contributed by atoms with Crippen LogP contribution in [0.5, 0.6) is 0 Å². The zero-order chi connectivity index (χ0) is 20.4. The summed E-state index contributed by atoms with van der Waals surface area (Å²) in [6.07, 6.45) is -0.367. The molecule has 0 aliphatic carbocycles. The third-order valence-electron chi connectivity index (χ3n) is 4.35. The van der Waals surface area contributed by atoms with E-state index in [-0.39, 0.29) is 13.0 Å². The predicted octanol–water partition coefficient (Wildman–Crippen LogP) is 2.51. The van der Waals surface area contributed by atoms with E-state index < -0.39 is 30.6 Å². The van der Waals surface area contributed by atoms with E-state index in [1.54, 1.807) is 25.1 Å². The average molecular weight is 386 g/mol. The van der Waals surface area contributed by atoms with Crippen molar-refractivity contribution >= 4 is 11.9 Å². The van der Waals surface area contributed by atoms with Gasteiger partial charge in [-0.1, -0.05) is 42.5 Å². The van der Waals surface area contributed by atoms with Gasteiger partial charge in [-0.25, -0.2) is 4.79 Å². The van der Waals surface area contributed by atoms with Crippen LogP contribution >= 0.6 is 0 Å². The molecule has 0 aliphatic rings. The van der Waals surface area contributed by atoms with Crippen molar-refractivity contribution in [1.82, 2.24) is 0 Å². The van der Waals surface area contributed by atoms with Gasteiger partial charge in [0.1, 0.15) is 12.5 Å². The van der Waals surface area contributed by atoms with Crippen LogP contribution in [0.15, 0.2) is 54.6 Å². The highest BCUT2D eigenvalue weighted by atomic mass is 16.5. The second-order valence-corrected chi connectivity index (χ2v) is 6.41. The minimum atomic E-state index is -1.06. The maximum Gasteiger partial charge on any atom is 0.338 e. The molecule has 0 spiro atoms. The lowest BCUT2D eigenvalue weighted by Crippen LogP contribution is -2.33. The molecule has 0 bridgehead atoms. The van der Waals surface area contributed by atoms with Gasteiger partial charge in [-0.3, -0.25) is 4.79 Å². The summed E-state index contributed by atoms with van der Waals surface area (Å²) in [5.74, 6) is -2.06. The average Bonchev–Trinajstić information content (AvgIpc) is 2.72. The summed E-state index contributed by atoms with van der Waals surface area (Å²) in [6.45, 7) is 1.62. The summed E-state index contributed by atoms with van der Waals surface area (Å²) in [4.78, 5) is 24.0. The summed E-state index contributed by atoms with van der Waals surface area (Å²) in [7, 11) is 0. The fraction of sp³-hybridized carbons (Fsp3) is 0.364. The number of aliphatic hydroxyl groups excluding tert-OH is 2. The van der Waals surface area contributed by atoms with Crippen molar-refractivity contribution in [3.8, 4) is 0 Å². The van der Waals surface area contributed by atoms with Gasteiger partial charge in [0.25, 0.3) is 0 Å². The number of aliphatic hydroxyl groups is 2. The molecular formula is C22H26O6. The van der Waals surface area contributed by atoms with Crippen molar-refractivity contribution < 1.29 is 29.3 Å². The Labute approximate surface area is 164 Å². The third-order valence-corrected chi connectivity index (χ3v) is 4.35. The highest BCUT2D eigenvalue weighted by Gasteiger charge is 2.27. The van der Waals surface area contributed by atoms with Crippen LogP contribution in [-0.4, -0.2) is 41.5 Å². The summed E-state index contributed by atoms with van der Waals surface area (Å²) < 4.78 is 10.2. The SMILES string of the molecule is CCOC(=O)c1cccc(CC[C@H](O)[C@H](CO)C(=O)OCc2ccccc2)c1. The molecule has 0 fully saturated rings. The first-order chi connectivity index (χ1) is 13.5. The Morgan fingerprint density at radius 3 is 2.39 bits per heavy atom. The maximum absolute atomic E-state index is 12.2. The van der Waals surface area contributed by atoms with Crippen LogP contribution in [0.2, 0.25) is 0 Å². The van der Waals surface area contributed by atoms with E-state index in [1.165, 1.54) is 0 Å². The van der Waals surface area contributed by atoms with Gasteiger partial charge in [-0.2, -0.15) is 0 Å². The lowest BCUT2D eigenvalue weighted by molar-refractivity contribution is -0.156. The van der Waals surface area contributed by atoms with Crippen molar-refractivity contribution in [3.05, 3.63) is 71.3 Å². The Morgan fingerprint density at radius 2 is 1.71 bits per heavy atom. The van der Waals surface area contributed by atoms with Gasteiger partial charge in [0.2, 0.25) is 0 Å². The second kappa shape index (κ2) is 11.2. The Hall–Kier alpha value is -2.70. The van der Waals surface area contributed by atoms with Crippen LogP contribution in [0.1, 0.15) is 34.8 Å². The number of aryl methyl sites for hydroxylation is 1. The number of esters is 2. The molecule has 28 heavy (non-hydrogen) atoms. The molecule has 0 radical (unpaired) electrons. The van der Waals surface area contributed by atoms with Gasteiger partial charge in [-0.15, -0.1) is 0 Å². The van der Waals surface area contributed by atoms with Crippen LogP contribution in [-0.2, 0) is 27.3 Å². The monoisotopic (exact) mass is 386 g/mol. The zero-order valence-electron chi connectivity index (χ0n) is 15.9. The van der Waals surface area contributed by atoms with Crippen molar-refractivity contribution in [2.75, 3.05) is 13.2 Å². The van der Waals surface area contributed by atoms with Crippen molar-refractivity contribution in [1.29, 1.82) is 0 Å². The Bertz CT molecular complexity index is 759. The van der Waals surface area contributed by atoms with Gasteiger partial charge < -0.3 is 19.7 Å². The van der Waals surface area contributed by atoms with E-state index in [2.05, 4.69) is 0 Å². The van der Waals surface area contributed by atoms with E-state index in [9.17, 15) is 19.8 Å². The van der Waals surface area contributed by atoms with Crippen molar-refractivity contribution in [3.63, 3.8) is 0 Å². The largest absolute Gasteiger partial charge is 0.462 e. The third kappa shape index (κ3) is 6.48. The molecule has 0 saturated carbocycles. The molecule has 2 rings (SSSR count). The number of benzene rings is 2. The standard InChI is InChI=1S/C22H26O6/c1-2-27-21(25)18-10-6-9-16(13-18)11-12-20(24)19(14-23)22(26)28-15-17-7-4-3-5-8-17/h3-10,13,19-20,23-24H,2,11-12,14-15H2,1H3/t19-,20-/m0/s1. The second-order valence-electron chi connectivity index (χ2n) is 6.41. The Balaban J connectivity index is 1.89. The number of ether oxygens (including phenoxy) is 2. The normalized spacial score (nSPS) is 12.8. The van der Waals surface area contributed by atoms with Crippen LogP contribution in [0, 0.1) is 5.92 Å². The lowest BCUT2D eigenvalue weighted by atomic mass is 9.96. The predicted molar refractivity (Wildman–Crippen MR) is 104 cm³/mol. The summed E-state index contributed by atoms with van der Waals surface area (Å²) in [6, 6.07) is 16.1. The lowest BCUT2D eigenvalue weighted by Gasteiger charge is -2.19. The fourth-order valence-electron chi connectivity index (χ4n) is 2.77. The molecule has 0 heterocycles. The Kier molecular flexibility index (Phi) is 8.65. The first-order valence-electron chi connectivity index (χ1n) is 9.30. The first-order valence-corrected chi connectivity index (χ1v) is 9.30. The minimum Gasteiger partial charge on any atom is -0.462 e. The topological polar surface area (TPSA) is 93.1 Å². The maximum atomic E-state index is 12.2. The molecule has 0 amide bonds. The van der Waals surface area contributed by atoms with E-state index in [4.69, 9.17) is 9.47 Å². The van der Waals surface area contributed by atoms with Gasteiger partial charge in [-0.05, 0) is 43.0 Å². The van der Waals surface area contributed by atoms with Crippen molar-refractivity contribution in [2.24, 2.45) is 5.92 Å². The quantitative estimate of drug-likeness (QED) is 0.610. The van der Waals surface area contributed by atoms with Crippen LogP contribution in [0.3, 0.4) is 0 Å². The number of carbonyl (C=O) groups excluding carboxylic acids is 2. The van der Waals surface area contributed by atoms with Crippen LogP contribution in [0.4, 0.5) is 0 Å². The van der Waals surface area contributed by atoms with Gasteiger partial charge in [0.15, 0.2) is 0 Å². The van der Waals surface area contributed by atoms with Gasteiger partial charge >= 0.3 is 11.9 Å². The van der Waals surface area contributed by atoms with E-state index >= 15 is 0 Å². The fourth-order valence-corrected chi connectivity index (χ4v) is 2.77. The molecule has 0 saturated heterocycles. The Morgan fingerprint density at radius 1 is 1.00 bits per heavy atom. The summed E-state index contributed by atoms with van der Waals surface area (Å²) in [5, 5.41) is 19.9. The molecule has 2 atom stereocenters.